The van der Waals surface area contributed by atoms with Crippen LogP contribution in [0.5, 0.6) is 0 Å². The number of ether oxygens (including phenoxy) is 1. The van der Waals surface area contributed by atoms with Crippen LogP contribution in [0.2, 0.25) is 5.02 Å². The van der Waals surface area contributed by atoms with E-state index >= 15 is 0 Å². The van der Waals surface area contributed by atoms with Gasteiger partial charge in [0.15, 0.2) is 5.82 Å². The Labute approximate surface area is 113 Å². The molecule has 0 fully saturated rings. The molecular formula is C12H9ClFN3O2. The largest absolute Gasteiger partial charge is 0.465 e. The van der Waals surface area contributed by atoms with E-state index in [2.05, 4.69) is 14.7 Å². The van der Waals surface area contributed by atoms with Crippen LogP contribution in [0.25, 0.3) is 11.4 Å². The molecule has 0 saturated heterocycles. The number of anilines is 1. The summed E-state index contributed by atoms with van der Waals surface area (Å²) in [6, 6.07) is 3.81. The molecule has 0 aliphatic rings. The summed E-state index contributed by atoms with van der Waals surface area (Å²) < 4.78 is 17.5. The number of hydrogen-bond acceptors (Lipinski definition) is 5. The molecule has 0 saturated carbocycles. The van der Waals surface area contributed by atoms with Gasteiger partial charge in [-0.1, -0.05) is 11.6 Å². The Kier molecular flexibility index (Phi) is 3.62. The molecule has 0 aliphatic carbocycles. The number of hydrogen-bond donors (Lipinski definition) is 1. The number of benzene rings is 1. The van der Waals surface area contributed by atoms with Gasteiger partial charge in [0.05, 0.1) is 12.1 Å². The SMILES string of the molecule is COC(=O)c1cnc(-c2ccc(F)cc2Cl)nc1N. The van der Waals surface area contributed by atoms with E-state index in [9.17, 15) is 9.18 Å². The molecule has 98 valence electrons. The Morgan fingerprint density at radius 1 is 1.47 bits per heavy atom. The van der Waals surface area contributed by atoms with E-state index in [1.807, 2.05) is 0 Å². The van der Waals surface area contributed by atoms with Gasteiger partial charge in [0.2, 0.25) is 0 Å². The average Bonchev–Trinajstić information content (AvgIpc) is 2.37. The predicted octanol–water partition coefficient (Wildman–Crippen LogP) is 2.30. The van der Waals surface area contributed by atoms with Crippen LogP contribution in [0.3, 0.4) is 0 Å². The summed E-state index contributed by atoms with van der Waals surface area (Å²) in [6.45, 7) is 0. The highest BCUT2D eigenvalue weighted by Gasteiger charge is 2.15. The van der Waals surface area contributed by atoms with Gasteiger partial charge in [-0.15, -0.1) is 0 Å². The second-order valence-electron chi connectivity index (χ2n) is 3.61. The number of carbonyl (C=O) groups is 1. The van der Waals surface area contributed by atoms with Crippen molar-refractivity contribution >= 4 is 23.4 Å². The van der Waals surface area contributed by atoms with Gasteiger partial charge in [-0.3, -0.25) is 0 Å². The highest BCUT2D eigenvalue weighted by atomic mass is 35.5. The Morgan fingerprint density at radius 2 is 2.21 bits per heavy atom. The topological polar surface area (TPSA) is 78.1 Å². The molecule has 5 nitrogen and oxygen atoms in total. The summed E-state index contributed by atoms with van der Waals surface area (Å²) in [7, 11) is 1.23. The van der Waals surface area contributed by atoms with Crippen LogP contribution in [0.1, 0.15) is 10.4 Å². The Hall–Kier alpha value is -2.21. The van der Waals surface area contributed by atoms with Crippen LogP contribution in [0.15, 0.2) is 24.4 Å². The molecule has 2 aromatic rings. The zero-order chi connectivity index (χ0) is 14.0. The summed E-state index contributed by atoms with van der Waals surface area (Å²) in [6.07, 6.45) is 1.24. The van der Waals surface area contributed by atoms with Crippen LogP contribution >= 0.6 is 11.6 Å². The molecule has 0 amide bonds. The molecule has 7 heteroatoms. The maximum Gasteiger partial charge on any atom is 0.343 e. The fourth-order valence-corrected chi connectivity index (χ4v) is 1.71. The van der Waals surface area contributed by atoms with Gasteiger partial charge < -0.3 is 10.5 Å². The molecule has 2 rings (SSSR count). The lowest BCUT2D eigenvalue weighted by Gasteiger charge is -2.06. The van der Waals surface area contributed by atoms with Crippen LogP contribution in [-0.2, 0) is 4.74 Å². The van der Waals surface area contributed by atoms with Gasteiger partial charge in [-0.25, -0.2) is 19.2 Å². The fourth-order valence-electron chi connectivity index (χ4n) is 1.46. The number of esters is 1. The molecule has 0 spiro atoms. The monoisotopic (exact) mass is 281 g/mol. The first-order valence-corrected chi connectivity index (χ1v) is 5.57. The van der Waals surface area contributed by atoms with E-state index < -0.39 is 11.8 Å². The minimum atomic E-state index is -0.630. The number of nitrogens with zero attached hydrogens (tertiary/aromatic N) is 2. The summed E-state index contributed by atoms with van der Waals surface area (Å²) in [4.78, 5) is 19.3. The minimum Gasteiger partial charge on any atom is -0.465 e. The van der Waals surface area contributed by atoms with E-state index in [0.29, 0.717) is 5.56 Å². The number of aromatic nitrogens is 2. The molecule has 0 radical (unpaired) electrons. The Bertz CT molecular complexity index is 649. The van der Waals surface area contributed by atoms with E-state index in [0.717, 1.165) is 6.07 Å². The van der Waals surface area contributed by atoms with Gasteiger partial charge in [0, 0.05) is 11.8 Å². The summed E-state index contributed by atoms with van der Waals surface area (Å²) in [5.74, 6) is -0.922. The lowest BCUT2D eigenvalue weighted by atomic mass is 10.2. The first kappa shape index (κ1) is 13.2. The predicted molar refractivity (Wildman–Crippen MR) is 68.2 cm³/mol. The number of methoxy groups -OCH3 is 1. The molecule has 1 aromatic carbocycles. The van der Waals surface area contributed by atoms with Crippen LogP contribution in [0.4, 0.5) is 10.2 Å². The number of rotatable bonds is 2. The third-order valence-electron chi connectivity index (χ3n) is 2.40. The molecule has 0 unspecified atom stereocenters. The second kappa shape index (κ2) is 5.19. The molecule has 1 heterocycles. The van der Waals surface area contributed by atoms with E-state index in [-0.39, 0.29) is 22.2 Å². The lowest BCUT2D eigenvalue weighted by molar-refractivity contribution is 0.0601. The first-order valence-electron chi connectivity index (χ1n) is 5.19. The zero-order valence-electron chi connectivity index (χ0n) is 9.85. The molecule has 2 N–H and O–H groups in total. The summed E-state index contributed by atoms with van der Waals surface area (Å²) in [5, 5.41) is 0.158. The maximum absolute atomic E-state index is 12.9. The number of nitrogen functional groups attached to an aromatic ring is 1. The van der Waals surface area contributed by atoms with Crippen LogP contribution in [0, 0.1) is 5.82 Å². The summed E-state index contributed by atoms with van der Waals surface area (Å²) >= 11 is 5.89. The third kappa shape index (κ3) is 2.63. The van der Waals surface area contributed by atoms with Crippen molar-refractivity contribution in [3.05, 3.63) is 40.8 Å². The second-order valence-corrected chi connectivity index (χ2v) is 4.02. The van der Waals surface area contributed by atoms with Crippen molar-refractivity contribution in [3.63, 3.8) is 0 Å². The van der Waals surface area contributed by atoms with Crippen molar-refractivity contribution in [1.82, 2.24) is 9.97 Å². The molecular weight excluding hydrogens is 273 g/mol. The van der Waals surface area contributed by atoms with Gasteiger partial charge in [-0.05, 0) is 18.2 Å². The third-order valence-corrected chi connectivity index (χ3v) is 2.71. The van der Waals surface area contributed by atoms with Crippen molar-refractivity contribution in [3.8, 4) is 11.4 Å². The Balaban J connectivity index is 2.47. The quantitative estimate of drug-likeness (QED) is 0.855. The van der Waals surface area contributed by atoms with E-state index in [4.69, 9.17) is 17.3 Å². The molecule has 1 aromatic heterocycles. The van der Waals surface area contributed by atoms with Crippen molar-refractivity contribution in [2.24, 2.45) is 0 Å². The van der Waals surface area contributed by atoms with Crippen molar-refractivity contribution in [2.75, 3.05) is 12.8 Å². The van der Waals surface area contributed by atoms with E-state index in [1.54, 1.807) is 0 Å². The van der Waals surface area contributed by atoms with Crippen LogP contribution in [-0.4, -0.2) is 23.0 Å². The number of carbonyl (C=O) groups excluding carboxylic acids is 1. The fraction of sp³-hybridized carbons (Fsp3) is 0.0833. The maximum atomic E-state index is 12.9. The molecule has 19 heavy (non-hydrogen) atoms. The first-order chi connectivity index (χ1) is 9.02. The van der Waals surface area contributed by atoms with Crippen molar-refractivity contribution < 1.29 is 13.9 Å². The van der Waals surface area contributed by atoms with Gasteiger partial charge >= 0.3 is 5.97 Å². The van der Waals surface area contributed by atoms with Gasteiger partial charge in [0.1, 0.15) is 17.2 Å². The standard InChI is InChI=1S/C12H9ClFN3O2/c1-19-12(18)8-5-16-11(17-10(8)15)7-3-2-6(14)4-9(7)13/h2-5H,1H3,(H2,15,16,17). The zero-order valence-corrected chi connectivity index (χ0v) is 10.6. The Morgan fingerprint density at radius 3 is 2.79 bits per heavy atom. The number of nitrogens with two attached hydrogens (primary N) is 1. The highest BCUT2D eigenvalue weighted by molar-refractivity contribution is 6.33. The number of halogens is 2. The van der Waals surface area contributed by atoms with Crippen molar-refractivity contribution in [2.45, 2.75) is 0 Å². The average molecular weight is 282 g/mol. The molecule has 0 aliphatic heterocycles. The molecule has 0 atom stereocenters. The highest BCUT2D eigenvalue weighted by Crippen LogP contribution is 2.26. The lowest BCUT2D eigenvalue weighted by Crippen LogP contribution is -2.09. The molecule has 0 bridgehead atoms. The van der Waals surface area contributed by atoms with Crippen LogP contribution < -0.4 is 5.73 Å². The van der Waals surface area contributed by atoms with E-state index in [1.165, 1.54) is 25.4 Å². The smallest absolute Gasteiger partial charge is 0.343 e. The minimum absolute atomic E-state index is 0.0303. The van der Waals surface area contributed by atoms with Gasteiger partial charge in [-0.2, -0.15) is 0 Å². The normalized spacial score (nSPS) is 10.3. The van der Waals surface area contributed by atoms with Crippen molar-refractivity contribution in [1.29, 1.82) is 0 Å². The van der Waals surface area contributed by atoms with Gasteiger partial charge in [0.25, 0.3) is 0 Å². The summed E-state index contributed by atoms with van der Waals surface area (Å²) in [5.41, 5.74) is 6.13.